The van der Waals surface area contributed by atoms with E-state index in [1.165, 1.54) is 19.4 Å². The average molecular weight is 299 g/mol. The van der Waals surface area contributed by atoms with Crippen molar-refractivity contribution < 1.29 is 4.74 Å². The number of nitrogens with zero attached hydrogens (tertiary/aromatic N) is 1. The van der Waals surface area contributed by atoms with E-state index >= 15 is 0 Å². The van der Waals surface area contributed by atoms with Gasteiger partial charge in [0.15, 0.2) is 0 Å². The second-order valence-electron chi connectivity index (χ2n) is 7.94. The smallest absolute Gasteiger partial charge is 0.0790 e. The first-order chi connectivity index (χ1) is 9.65. The monoisotopic (exact) mass is 298 g/mol. The summed E-state index contributed by atoms with van der Waals surface area (Å²) in [6.07, 6.45) is 2.38. The van der Waals surface area contributed by atoms with E-state index in [4.69, 9.17) is 4.74 Å². The largest absolute Gasteiger partial charge is 0.368 e. The molecule has 1 heterocycles. The first kappa shape index (κ1) is 18.9. The molecule has 0 radical (unpaired) electrons. The summed E-state index contributed by atoms with van der Waals surface area (Å²) >= 11 is 0. The minimum Gasteiger partial charge on any atom is -0.368 e. The molecule has 1 N–H and O–H groups in total. The summed E-state index contributed by atoms with van der Waals surface area (Å²) in [4.78, 5) is 2.61. The molecule has 1 fully saturated rings. The zero-order valence-corrected chi connectivity index (χ0v) is 15.6. The molecule has 0 aromatic rings. The third kappa shape index (κ3) is 4.67. The molecule has 0 spiro atoms. The fourth-order valence-corrected chi connectivity index (χ4v) is 3.82. The molecule has 126 valence electrons. The van der Waals surface area contributed by atoms with E-state index < -0.39 is 0 Å². The van der Waals surface area contributed by atoms with E-state index in [0.717, 1.165) is 13.1 Å². The van der Waals surface area contributed by atoms with E-state index in [-0.39, 0.29) is 11.2 Å². The third-order valence-electron chi connectivity index (χ3n) is 4.86. The van der Waals surface area contributed by atoms with Gasteiger partial charge in [-0.05, 0) is 67.5 Å². The Balaban J connectivity index is 2.91. The highest BCUT2D eigenvalue weighted by Crippen LogP contribution is 2.42. The van der Waals surface area contributed by atoms with Crippen LogP contribution in [0.2, 0.25) is 0 Å². The van der Waals surface area contributed by atoms with Crippen molar-refractivity contribution in [2.24, 2.45) is 5.92 Å². The second kappa shape index (κ2) is 7.43. The third-order valence-corrected chi connectivity index (χ3v) is 4.86. The molecule has 0 aromatic carbocycles. The fourth-order valence-electron chi connectivity index (χ4n) is 3.82. The van der Waals surface area contributed by atoms with Gasteiger partial charge in [-0.1, -0.05) is 13.8 Å². The van der Waals surface area contributed by atoms with E-state index in [2.05, 4.69) is 65.6 Å². The lowest BCUT2D eigenvalue weighted by atomic mass is 9.81. The van der Waals surface area contributed by atoms with Gasteiger partial charge in [-0.25, -0.2) is 0 Å². The highest BCUT2D eigenvalue weighted by molar-refractivity contribution is 5.06. The molecule has 0 bridgehead atoms. The molecular weight excluding hydrogens is 260 g/mol. The normalized spacial score (nSPS) is 27.7. The minimum atomic E-state index is -0.0990. The molecule has 0 amide bonds. The number of ether oxygens (including phenoxy) is 1. The Labute approximate surface area is 132 Å². The molecule has 1 aliphatic heterocycles. The Hall–Kier alpha value is -0.120. The maximum absolute atomic E-state index is 6.43. The van der Waals surface area contributed by atoms with Crippen molar-refractivity contribution in [1.82, 2.24) is 10.2 Å². The molecular formula is C18H38N2O. The maximum Gasteiger partial charge on any atom is 0.0790 e. The highest BCUT2D eigenvalue weighted by Gasteiger charge is 2.53. The van der Waals surface area contributed by atoms with E-state index in [1.54, 1.807) is 0 Å². The van der Waals surface area contributed by atoms with Gasteiger partial charge in [0.1, 0.15) is 0 Å². The zero-order valence-electron chi connectivity index (χ0n) is 15.6. The van der Waals surface area contributed by atoms with Crippen molar-refractivity contribution in [1.29, 1.82) is 0 Å². The Kier molecular flexibility index (Phi) is 6.70. The summed E-state index contributed by atoms with van der Waals surface area (Å²) in [6, 6.07) is 1.02. The summed E-state index contributed by atoms with van der Waals surface area (Å²) in [7, 11) is 0. The van der Waals surface area contributed by atoms with E-state index in [1.807, 2.05) is 0 Å². The standard InChI is InChI=1S/C18H38N2O/c1-9-11-19-16-15(13-20(12-10-2)14(3)4)17(5,6)21-18(16,7)8/h14-16,19H,9-13H2,1-8H3. The molecule has 3 heteroatoms. The molecule has 2 atom stereocenters. The predicted molar refractivity (Wildman–Crippen MR) is 91.8 cm³/mol. The fraction of sp³-hybridized carbons (Fsp3) is 1.00. The first-order valence-corrected chi connectivity index (χ1v) is 8.83. The van der Waals surface area contributed by atoms with E-state index in [0.29, 0.717) is 18.0 Å². The van der Waals surface area contributed by atoms with Crippen LogP contribution >= 0.6 is 0 Å². The number of nitrogens with one attached hydrogen (secondary N) is 1. The first-order valence-electron chi connectivity index (χ1n) is 8.83. The molecule has 1 aliphatic rings. The summed E-state index contributed by atoms with van der Waals surface area (Å²) < 4.78 is 6.43. The topological polar surface area (TPSA) is 24.5 Å². The molecule has 3 nitrogen and oxygen atoms in total. The number of hydrogen-bond acceptors (Lipinski definition) is 3. The van der Waals surface area contributed by atoms with Gasteiger partial charge in [-0.2, -0.15) is 0 Å². The average Bonchev–Trinajstić information content (AvgIpc) is 2.51. The van der Waals surface area contributed by atoms with Crippen LogP contribution in [0.25, 0.3) is 0 Å². The summed E-state index contributed by atoms with van der Waals surface area (Å²) in [6.45, 7) is 21.5. The van der Waals surface area contributed by atoms with Crippen LogP contribution in [-0.2, 0) is 4.74 Å². The molecule has 0 aromatic heterocycles. The quantitative estimate of drug-likeness (QED) is 0.740. The Morgan fingerprint density at radius 1 is 1.05 bits per heavy atom. The molecule has 2 unspecified atom stereocenters. The van der Waals surface area contributed by atoms with Crippen LogP contribution in [0.3, 0.4) is 0 Å². The van der Waals surface area contributed by atoms with Crippen molar-refractivity contribution in [3.63, 3.8) is 0 Å². The van der Waals surface area contributed by atoms with Crippen LogP contribution in [0, 0.1) is 5.92 Å². The molecule has 1 saturated heterocycles. The summed E-state index contributed by atoms with van der Waals surface area (Å²) in [5.74, 6) is 0.521. The van der Waals surface area contributed by atoms with Gasteiger partial charge in [-0.15, -0.1) is 0 Å². The lowest BCUT2D eigenvalue weighted by Crippen LogP contribution is -2.52. The van der Waals surface area contributed by atoms with Gasteiger partial charge >= 0.3 is 0 Å². The van der Waals surface area contributed by atoms with Crippen molar-refractivity contribution in [3.8, 4) is 0 Å². The lowest BCUT2D eigenvalue weighted by Gasteiger charge is -2.36. The van der Waals surface area contributed by atoms with E-state index in [9.17, 15) is 0 Å². The summed E-state index contributed by atoms with van der Waals surface area (Å²) in [5.41, 5.74) is -0.173. The molecule has 0 aliphatic carbocycles. The molecule has 1 rings (SSSR count). The summed E-state index contributed by atoms with van der Waals surface area (Å²) in [5, 5.41) is 3.76. The van der Waals surface area contributed by atoms with Crippen LogP contribution in [0.1, 0.15) is 68.2 Å². The Bertz CT molecular complexity index is 312. The Morgan fingerprint density at radius 2 is 1.67 bits per heavy atom. The molecule has 21 heavy (non-hydrogen) atoms. The number of rotatable bonds is 8. The van der Waals surface area contributed by atoms with Crippen molar-refractivity contribution >= 4 is 0 Å². The predicted octanol–water partition coefficient (Wildman–Crippen LogP) is 3.68. The van der Waals surface area contributed by atoms with Crippen LogP contribution < -0.4 is 5.32 Å². The second-order valence-corrected chi connectivity index (χ2v) is 7.94. The Morgan fingerprint density at radius 3 is 2.14 bits per heavy atom. The maximum atomic E-state index is 6.43. The SMILES string of the molecule is CCCNC1C(CN(CCC)C(C)C)C(C)(C)OC1(C)C. The van der Waals surface area contributed by atoms with Gasteiger partial charge in [-0.3, -0.25) is 0 Å². The van der Waals surface area contributed by atoms with Crippen LogP contribution in [-0.4, -0.2) is 47.8 Å². The van der Waals surface area contributed by atoms with Gasteiger partial charge in [0.05, 0.1) is 11.2 Å². The van der Waals surface area contributed by atoms with Crippen LogP contribution in [0.5, 0.6) is 0 Å². The molecule has 0 saturated carbocycles. The van der Waals surface area contributed by atoms with Crippen molar-refractivity contribution in [3.05, 3.63) is 0 Å². The van der Waals surface area contributed by atoms with Gasteiger partial charge < -0.3 is 15.0 Å². The zero-order chi connectivity index (χ0) is 16.3. The highest BCUT2D eigenvalue weighted by atomic mass is 16.5. The van der Waals surface area contributed by atoms with Gasteiger partial charge in [0, 0.05) is 24.5 Å². The number of hydrogen-bond donors (Lipinski definition) is 1. The minimum absolute atomic E-state index is 0.0736. The van der Waals surface area contributed by atoms with Crippen molar-refractivity contribution in [2.75, 3.05) is 19.6 Å². The van der Waals surface area contributed by atoms with Crippen molar-refractivity contribution in [2.45, 2.75) is 91.5 Å². The van der Waals surface area contributed by atoms with Crippen LogP contribution in [0.4, 0.5) is 0 Å². The van der Waals surface area contributed by atoms with Crippen LogP contribution in [0.15, 0.2) is 0 Å². The van der Waals surface area contributed by atoms with Gasteiger partial charge in [0.25, 0.3) is 0 Å². The lowest BCUT2D eigenvalue weighted by molar-refractivity contribution is -0.0800. The van der Waals surface area contributed by atoms with Gasteiger partial charge in [0.2, 0.25) is 0 Å².